The lowest BCUT2D eigenvalue weighted by atomic mass is 10.1. The maximum absolute atomic E-state index is 6.53. The molecule has 23 heavy (non-hydrogen) atoms. The summed E-state index contributed by atoms with van der Waals surface area (Å²) >= 11 is 6.53. The van der Waals surface area contributed by atoms with E-state index >= 15 is 0 Å². The van der Waals surface area contributed by atoms with Crippen molar-refractivity contribution in [1.29, 1.82) is 0 Å². The number of aromatic nitrogens is 3. The van der Waals surface area contributed by atoms with Crippen LogP contribution in [0.4, 0.5) is 0 Å². The van der Waals surface area contributed by atoms with E-state index in [-0.39, 0.29) is 0 Å². The highest BCUT2D eigenvalue weighted by Gasteiger charge is 2.11. The second-order valence-corrected chi connectivity index (χ2v) is 5.48. The number of pyridine rings is 1. The molecule has 0 saturated carbocycles. The molecule has 4 aromatic rings. The summed E-state index contributed by atoms with van der Waals surface area (Å²) < 4.78 is 5.25. The fourth-order valence-corrected chi connectivity index (χ4v) is 2.80. The molecule has 0 aliphatic carbocycles. The highest BCUT2D eigenvalue weighted by atomic mass is 35.5. The Morgan fingerprint density at radius 3 is 2.57 bits per heavy atom. The Labute approximate surface area is 137 Å². The van der Waals surface area contributed by atoms with Crippen LogP contribution in [0.15, 0.2) is 54.7 Å². The van der Waals surface area contributed by atoms with E-state index in [0.717, 1.165) is 27.6 Å². The zero-order chi connectivity index (χ0) is 15.8. The third kappa shape index (κ3) is 2.37. The first-order valence-electron chi connectivity index (χ1n) is 7.11. The van der Waals surface area contributed by atoms with E-state index < -0.39 is 0 Å². The number of hydrogen-bond donors (Lipinski definition) is 0. The lowest BCUT2D eigenvalue weighted by Crippen LogP contribution is -1.94. The van der Waals surface area contributed by atoms with Gasteiger partial charge in [-0.3, -0.25) is 0 Å². The summed E-state index contributed by atoms with van der Waals surface area (Å²) in [6.07, 6.45) is 1.72. The minimum absolute atomic E-state index is 0.585. The summed E-state index contributed by atoms with van der Waals surface area (Å²) in [5.41, 5.74) is 2.31. The Balaban J connectivity index is 1.97. The molecule has 2 heterocycles. The third-order valence-electron chi connectivity index (χ3n) is 3.70. The molecule has 0 aliphatic heterocycles. The number of halogens is 1. The second kappa shape index (κ2) is 5.48. The molecule has 2 aromatic carbocycles. The van der Waals surface area contributed by atoms with Crippen molar-refractivity contribution in [3.8, 4) is 17.1 Å². The summed E-state index contributed by atoms with van der Waals surface area (Å²) in [4.78, 5) is 13.6. The molecule has 0 bridgehead atoms. The van der Waals surface area contributed by atoms with Gasteiger partial charge in [0.05, 0.1) is 23.0 Å². The van der Waals surface area contributed by atoms with Gasteiger partial charge in [-0.1, -0.05) is 41.9 Å². The summed E-state index contributed by atoms with van der Waals surface area (Å²) in [5.74, 6) is 1.37. The molecule has 0 aliphatic rings. The van der Waals surface area contributed by atoms with E-state index in [1.807, 2.05) is 48.5 Å². The van der Waals surface area contributed by atoms with E-state index in [4.69, 9.17) is 16.3 Å². The number of rotatable bonds is 2. The molecule has 0 unspecified atom stereocenters. The first kappa shape index (κ1) is 13.9. The minimum Gasteiger partial charge on any atom is -0.497 e. The lowest BCUT2D eigenvalue weighted by Gasteiger charge is -2.07. The zero-order valence-corrected chi connectivity index (χ0v) is 13.1. The number of methoxy groups -OCH3 is 1. The van der Waals surface area contributed by atoms with Crippen molar-refractivity contribution in [1.82, 2.24) is 15.0 Å². The van der Waals surface area contributed by atoms with Gasteiger partial charge in [-0.2, -0.15) is 0 Å². The number of nitrogens with zero attached hydrogens (tertiary/aromatic N) is 3. The lowest BCUT2D eigenvalue weighted by molar-refractivity contribution is 0.415. The molecular formula is C18H12ClN3O. The second-order valence-electron chi connectivity index (χ2n) is 5.11. The molecule has 5 heteroatoms. The summed E-state index contributed by atoms with van der Waals surface area (Å²) in [7, 11) is 1.62. The molecular weight excluding hydrogens is 310 g/mol. The van der Waals surface area contributed by atoms with E-state index in [2.05, 4.69) is 15.0 Å². The van der Waals surface area contributed by atoms with Crippen LogP contribution in [0.5, 0.6) is 5.75 Å². The van der Waals surface area contributed by atoms with Crippen LogP contribution in [0.25, 0.3) is 33.3 Å². The predicted octanol–water partition coefficient (Wildman–Crippen LogP) is 4.51. The molecule has 0 fully saturated rings. The Morgan fingerprint density at radius 1 is 0.957 bits per heavy atom. The van der Waals surface area contributed by atoms with E-state index in [1.54, 1.807) is 13.3 Å². The molecule has 0 saturated heterocycles. The van der Waals surface area contributed by atoms with Crippen molar-refractivity contribution >= 4 is 33.5 Å². The van der Waals surface area contributed by atoms with Crippen LogP contribution in [-0.2, 0) is 0 Å². The van der Waals surface area contributed by atoms with Crippen LogP contribution < -0.4 is 4.74 Å². The Kier molecular flexibility index (Phi) is 3.32. The van der Waals surface area contributed by atoms with Crippen molar-refractivity contribution < 1.29 is 4.74 Å². The molecule has 0 N–H and O–H groups in total. The van der Waals surface area contributed by atoms with E-state index in [9.17, 15) is 0 Å². The summed E-state index contributed by atoms with van der Waals surface area (Å²) in [6.45, 7) is 0. The largest absolute Gasteiger partial charge is 0.497 e. The molecule has 0 amide bonds. The van der Waals surface area contributed by atoms with Gasteiger partial charge < -0.3 is 4.74 Å². The van der Waals surface area contributed by atoms with Gasteiger partial charge in [0.2, 0.25) is 0 Å². The van der Waals surface area contributed by atoms with Crippen molar-refractivity contribution in [3.63, 3.8) is 0 Å². The minimum atomic E-state index is 0.585. The van der Waals surface area contributed by atoms with Crippen molar-refractivity contribution in [2.75, 3.05) is 7.11 Å². The fourth-order valence-electron chi connectivity index (χ4n) is 2.51. The van der Waals surface area contributed by atoms with Gasteiger partial charge in [-0.05, 0) is 18.2 Å². The van der Waals surface area contributed by atoms with Gasteiger partial charge in [-0.15, -0.1) is 0 Å². The maximum Gasteiger partial charge on any atom is 0.165 e. The third-order valence-corrected chi connectivity index (χ3v) is 4.11. The monoisotopic (exact) mass is 321 g/mol. The SMILES string of the molecule is COc1ccc2nc3nc(-c4ccccc4)ncc3c(Cl)c2c1. The van der Waals surface area contributed by atoms with Gasteiger partial charge in [0.1, 0.15) is 5.75 Å². The molecule has 0 atom stereocenters. The smallest absolute Gasteiger partial charge is 0.165 e. The quantitative estimate of drug-likeness (QED) is 0.510. The topological polar surface area (TPSA) is 47.9 Å². The number of ether oxygens (including phenoxy) is 1. The van der Waals surface area contributed by atoms with Crippen LogP contribution in [0, 0.1) is 0 Å². The van der Waals surface area contributed by atoms with E-state index in [0.29, 0.717) is 16.5 Å². The average molecular weight is 322 g/mol. The normalized spacial score (nSPS) is 11.0. The van der Waals surface area contributed by atoms with Gasteiger partial charge in [0, 0.05) is 17.1 Å². The van der Waals surface area contributed by atoms with Crippen molar-refractivity contribution in [2.45, 2.75) is 0 Å². The van der Waals surface area contributed by atoms with Crippen LogP contribution in [-0.4, -0.2) is 22.1 Å². The van der Waals surface area contributed by atoms with Crippen LogP contribution in [0.3, 0.4) is 0 Å². The van der Waals surface area contributed by atoms with Gasteiger partial charge in [0.15, 0.2) is 11.5 Å². The number of benzene rings is 2. The highest BCUT2D eigenvalue weighted by Crippen LogP contribution is 2.32. The van der Waals surface area contributed by atoms with Gasteiger partial charge in [-0.25, -0.2) is 15.0 Å². The van der Waals surface area contributed by atoms with Crippen molar-refractivity contribution in [2.24, 2.45) is 0 Å². The van der Waals surface area contributed by atoms with Crippen molar-refractivity contribution in [3.05, 3.63) is 59.8 Å². The van der Waals surface area contributed by atoms with Crippen LogP contribution in [0.2, 0.25) is 5.02 Å². The molecule has 4 rings (SSSR count). The standard InChI is InChI=1S/C18H12ClN3O/c1-23-12-7-8-15-13(9-12)16(19)14-10-20-17(22-18(14)21-15)11-5-3-2-4-6-11/h2-10H,1H3. The maximum atomic E-state index is 6.53. The van der Waals surface area contributed by atoms with Crippen LogP contribution >= 0.6 is 11.6 Å². The molecule has 0 spiro atoms. The Hall–Kier alpha value is -2.72. The number of fused-ring (bicyclic) bond motifs is 2. The number of hydrogen-bond acceptors (Lipinski definition) is 4. The predicted molar refractivity (Wildman–Crippen MR) is 91.8 cm³/mol. The van der Waals surface area contributed by atoms with Gasteiger partial charge >= 0.3 is 0 Å². The van der Waals surface area contributed by atoms with Gasteiger partial charge in [0.25, 0.3) is 0 Å². The summed E-state index contributed by atoms with van der Waals surface area (Å²) in [5, 5.41) is 2.14. The first-order chi connectivity index (χ1) is 11.3. The van der Waals surface area contributed by atoms with E-state index in [1.165, 1.54) is 0 Å². The molecule has 2 aromatic heterocycles. The average Bonchev–Trinajstić information content (AvgIpc) is 2.62. The Bertz CT molecular complexity index is 1020. The molecule has 4 nitrogen and oxygen atoms in total. The zero-order valence-electron chi connectivity index (χ0n) is 12.3. The fraction of sp³-hybridized carbons (Fsp3) is 0.0556. The first-order valence-corrected chi connectivity index (χ1v) is 7.49. The Morgan fingerprint density at radius 2 is 1.78 bits per heavy atom. The molecule has 112 valence electrons. The summed E-state index contributed by atoms with van der Waals surface area (Å²) in [6, 6.07) is 15.4. The van der Waals surface area contributed by atoms with Crippen LogP contribution in [0.1, 0.15) is 0 Å². The highest BCUT2D eigenvalue weighted by molar-refractivity contribution is 6.40. The molecule has 0 radical (unpaired) electrons.